The minimum absolute atomic E-state index is 0.0863. The van der Waals surface area contributed by atoms with Crippen LogP contribution < -0.4 is 5.32 Å². The number of ketones is 1. The Morgan fingerprint density at radius 1 is 1.11 bits per heavy atom. The Balaban J connectivity index is 1.41. The van der Waals surface area contributed by atoms with Gasteiger partial charge in [0.05, 0.1) is 6.54 Å². The molecule has 188 valence electrons. The van der Waals surface area contributed by atoms with E-state index in [1.807, 2.05) is 18.2 Å². The van der Waals surface area contributed by atoms with Crippen LogP contribution in [0.5, 0.6) is 0 Å². The number of aryl methyl sites for hydroxylation is 1. The number of halogens is 1. The van der Waals surface area contributed by atoms with Gasteiger partial charge in [-0.1, -0.05) is 12.1 Å². The molecule has 1 saturated heterocycles. The second-order valence-corrected chi connectivity index (χ2v) is 9.13. The number of carbonyl (C=O) groups excluding carboxylic acids is 3. The normalized spacial score (nSPS) is 17.2. The zero-order valence-electron chi connectivity index (χ0n) is 20.4. The predicted octanol–water partition coefficient (Wildman–Crippen LogP) is 3.58. The highest BCUT2D eigenvalue weighted by molar-refractivity contribution is 6.08. The molecular formula is C27H25FN6O3. The van der Waals surface area contributed by atoms with Crippen molar-refractivity contribution < 1.29 is 18.8 Å². The molecule has 2 unspecified atom stereocenters. The van der Waals surface area contributed by atoms with E-state index in [-0.39, 0.29) is 25.3 Å². The van der Waals surface area contributed by atoms with E-state index in [4.69, 9.17) is 0 Å². The Kier molecular flexibility index (Phi) is 6.47. The molecule has 0 spiro atoms. The Labute approximate surface area is 212 Å². The minimum Gasteiger partial charge on any atom is -0.337 e. The molecule has 1 aliphatic rings. The van der Waals surface area contributed by atoms with Crippen LogP contribution in [0.15, 0.2) is 61.3 Å². The SMILES string of the molecule is CC(=O)c1cn(CC(=O)N2CC(F)CC2C(=O)Nc2cccc(C)n2)c2ccc(-c3cncnc3)cc12. The molecule has 4 aromatic rings. The lowest BCUT2D eigenvalue weighted by molar-refractivity contribution is -0.137. The fourth-order valence-corrected chi connectivity index (χ4v) is 4.70. The van der Waals surface area contributed by atoms with Crippen molar-refractivity contribution in [2.24, 2.45) is 0 Å². The summed E-state index contributed by atoms with van der Waals surface area (Å²) in [5.74, 6) is -0.694. The first kappa shape index (κ1) is 24.2. The summed E-state index contributed by atoms with van der Waals surface area (Å²) in [6.45, 7) is 2.95. The van der Waals surface area contributed by atoms with Crippen molar-refractivity contribution in [2.75, 3.05) is 11.9 Å². The molecule has 4 heterocycles. The number of hydrogen-bond donors (Lipinski definition) is 1. The summed E-state index contributed by atoms with van der Waals surface area (Å²) in [6, 6.07) is 9.80. The molecule has 5 rings (SSSR count). The molecular weight excluding hydrogens is 475 g/mol. The molecule has 0 radical (unpaired) electrons. The van der Waals surface area contributed by atoms with E-state index < -0.39 is 24.0 Å². The number of hydrogen-bond acceptors (Lipinski definition) is 6. The smallest absolute Gasteiger partial charge is 0.248 e. The minimum atomic E-state index is -1.31. The van der Waals surface area contributed by atoms with Gasteiger partial charge in [0.1, 0.15) is 30.9 Å². The number of pyridine rings is 1. The molecule has 1 fully saturated rings. The molecule has 0 bridgehead atoms. The van der Waals surface area contributed by atoms with Crippen molar-refractivity contribution in [1.29, 1.82) is 0 Å². The van der Waals surface area contributed by atoms with Crippen molar-refractivity contribution in [1.82, 2.24) is 24.4 Å². The number of benzene rings is 1. The Hall–Kier alpha value is -4.47. The van der Waals surface area contributed by atoms with Crippen LogP contribution in [0.25, 0.3) is 22.0 Å². The third-order valence-corrected chi connectivity index (χ3v) is 6.47. The highest BCUT2D eigenvalue weighted by Gasteiger charge is 2.40. The maximum Gasteiger partial charge on any atom is 0.248 e. The standard InChI is InChI=1S/C27H25FN6O3/c1-16-4-3-5-25(31-16)32-27(37)24-9-20(28)12-34(24)26(36)14-33-13-22(17(2)35)21-8-18(6-7-23(21)33)19-10-29-15-30-11-19/h3-8,10-11,13,15,20,24H,9,12,14H2,1-2H3,(H,31,32,37). The summed E-state index contributed by atoms with van der Waals surface area (Å²) in [5.41, 5.74) is 3.50. The lowest BCUT2D eigenvalue weighted by Gasteiger charge is -2.24. The van der Waals surface area contributed by atoms with Gasteiger partial charge >= 0.3 is 0 Å². The van der Waals surface area contributed by atoms with Crippen LogP contribution in [0, 0.1) is 6.92 Å². The molecule has 0 saturated carbocycles. The number of Topliss-reactive ketones (excluding diaryl/α,β-unsaturated/α-hetero) is 1. The van der Waals surface area contributed by atoms with Crippen molar-refractivity contribution >= 4 is 34.3 Å². The lowest BCUT2D eigenvalue weighted by Crippen LogP contribution is -2.44. The van der Waals surface area contributed by atoms with Crippen LogP contribution in [0.3, 0.4) is 0 Å². The number of aromatic nitrogens is 4. The Bertz CT molecular complexity index is 1500. The van der Waals surface area contributed by atoms with Gasteiger partial charge in [0, 0.05) is 52.7 Å². The van der Waals surface area contributed by atoms with E-state index >= 15 is 0 Å². The van der Waals surface area contributed by atoms with Crippen molar-refractivity contribution in [3.05, 3.63) is 72.6 Å². The third kappa shape index (κ3) is 4.95. The molecule has 10 heteroatoms. The first-order valence-corrected chi connectivity index (χ1v) is 11.9. The largest absolute Gasteiger partial charge is 0.337 e. The van der Waals surface area contributed by atoms with E-state index in [9.17, 15) is 18.8 Å². The average Bonchev–Trinajstić information content (AvgIpc) is 3.45. The van der Waals surface area contributed by atoms with E-state index in [0.717, 1.165) is 16.8 Å². The monoisotopic (exact) mass is 500 g/mol. The van der Waals surface area contributed by atoms with Gasteiger partial charge in [-0.05, 0) is 43.7 Å². The zero-order valence-corrected chi connectivity index (χ0v) is 20.4. The van der Waals surface area contributed by atoms with Crippen LogP contribution >= 0.6 is 0 Å². The van der Waals surface area contributed by atoms with Gasteiger partial charge in [0.2, 0.25) is 11.8 Å². The number of rotatable bonds is 6. The second-order valence-electron chi connectivity index (χ2n) is 9.13. The summed E-state index contributed by atoms with van der Waals surface area (Å²) in [7, 11) is 0. The van der Waals surface area contributed by atoms with E-state index in [1.54, 1.807) is 48.3 Å². The van der Waals surface area contributed by atoms with Gasteiger partial charge in [-0.2, -0.15) is 0 Å². The van der Waals surface area contributed by atoms with Crippen LogP contribution in [0.4, 0.5) is 10.2 Å². The first-order valence-electron chi connectivity index (χ1n) is 11.9. The summed E-state index contributed by atoms with van der Waals surface area (Å²) in [6.07, 6.45) is 5.04. The fraction of sp³-hybridized carbons (Fsp3) is 0.259. The van der Waals surface area contributed by atoms with Gasteiger partial charge in [-0.25, -0.2) is 19.3 Å². The van der Waals surface area contributed by atoms with Gasteiger partial charge in [0.25, 0.3) is 0 Å². The molecule has 0 aliphatic carbocycles. The molecule has 1 aromatic carbocycles. The maximum absolute atomic E-state index is 14.4. The molecule has 2 amide bonds. The topological polar surface area (TPSA) is 110 Å². The molecule has 37 heavy (non-hydrogen) atoms. The second kappa shape index (κ2) is 9.88. The number of fused-ring (bicyclic) bond motifs is 1. The highest BCUT2D eigenvalue weighted by atomic mass is 19.1. The van der Waals surface area contributed by atoms with Gasteiger partial charge in [-0.3, -0.25) is 14.4 Å². The van der Waals surface area contributed by atoms with Gasteiger partial charge in [0.15, 0.2) is 5.78 Å². The maximum atomic E-state index is 14.4. The van der Waals surface area contributed by atoms with Crippen LogP contribution in [0.2, 0.25) is 0 Å². The van der Waals surface area contributed by atoms with E-state index in [2.05, 4.69) is 20.3 Å². The summed E-state index contributed by atoms with van der Waals surface area (Å²) in [5, 5.41) is 3.38. The number of anilines is 1. The molecule has 3 aromatic heterocycles. The summed E-state index contributed by atoms with van der Waals surface area (Å²) in [4.78, 5) is 52.3. The Morgan fingerprint density at radius 3 is 2.62 bits per heavy atom. The van der Waals surface area contributed by atoms with Crippen LogP contribution in [0.1, 0.15) is 29.4 Å². The summed E-state index contributed by atoms with van der Waals surface area (Å²) >= 11 is 0. The predicted molar refractivity (Wildman–Crippen MR) is 136 cm³/mol. The van der Waals surface area contributed by atoms with Crippen LogP contribution in [-0.2, 0) is 16.1 Å². The van der Waals surface area contributed by atoms with Crippen LogP contribution in [-0.4, -0.2) is 60.8 Å². The number of carbonyl (C=O) groups is 3. The molecule has 1 N–H and O–H groups in total. The van der Waals surface area contributed by atoms with E-state index in [0.29, 0.717) is 22.3 Å². The number of alkyl halides is 1. The van der Waals surface area contributed by atoms with Crippen molar-refractivity contribution in [2.45, 2.75) is 39.0 Å². The van der Waals surface area contributed by atoms with Crippen molar-refractivity contribution in [3.63, 3.8) is 0 Å². The van der Waals surface area contributed by atoms with Gasteiger partial charge < -0.3 is 14.8 Å². The third-order valence-electron chi connectivity index (χ3n) is 6.47. The molecule has 9 nitrogen and oxygen atoms in total. The quantitative estimate of drug-likeness (QED) is 0.405. The van der Waals surface area contributed by atoms with Gasteiger partial charge in [-0.15, -0.1) is 0 Å². The van der Waals surface area contributed by atoms with E-state index in [1.165, 1.54) is 18.2 Å². The molecule has 2 atom stereocenters. The number of nitrogens with one attached hydrogen (secondary N) is 1. The number of amides is 2. The lowest BCUT2D eigenvalue weighted by atomic mass is 10.0. The summed E-state index contributed by atoms with van der Waals surface area (Å²) < 4.78 is 16.1. The average molecular weight is 501 g/mol. The highest BCUT2D eigenvalue weighted by Crippen LogP contribution is 2.29. The molecule has 1 aliphatic heterocycles. The number of likely N-dealkylation sites (tertiary alicyclic amines) is 1. The number of nitrogens with zero attached hydrogens (tertiary/aromatic N) is 5. The fourth-order valence-electron chi connectivity index (χ4n) is 4.70. The zero-order chi connectivity index (χ0) is 26.1. The van der Waals surface area contributed by atoms with Crippen molar-refractivity contribution in [3.8, 4) is 11.1 Å². The Morgan fingerprint density at radius 2 is 1.89 bits per heavy atom. The first-order chi connectivity index (χ1) is 17.8.